The molecule has 2 unspecified atom stereocenters. The number of rotatable bonds is 4. The van der Waals surface area contributed by atoms with E-state index in [1.165, 1.54) is 6.42 Å². The minimum Gasteiger partial charge on any atom is -0.440 e. The van der Waals surface area contributed by atoms with Crippen LogP contribution in [0.25, 0.3) is 22.6 Å². The van der Waals surface area contributed by atoms with E-state index in [1.54, 1.807) is 0 Å². The molecule has 0 aliphatic heterocycles. The monoisotopic (exact) mass is 383 g/mol. The van der Waals surface area contributed by atoms with Crippen LogP contribution >= 0.6 is 0 Å². The van der Waals surface area contributed by atoms with Gasteiger partial charge < -0.3 is 4.42 Å². The van der Waals surface area contributed by atoms with Gasteiger partial charge >= 0.3 is 0 Å². The molecule has 7 rings (SSSR count). The Morgan fingerprint density at radius 1 is 0.862 bits per heavy atom. The SMILES string of the molecule is O=C1C2CC3CC1CC(Cc1nc(-c4ccccc4)c(-c4ccccc4)o1)(C3)C2. The quantitative estimate of drug-likeness (QED) is 0.559. The molecule has 4 fully saturated rings. The molecule has 4 aliphatic carbocycles. The van der Waals surface area contributed by atoms with Gasteiger partial charge in [-0.15, -0.1) is 0 Å². The number of carbonyl (C=O) groups excluding carboxylic acids is 1. The number of hydrogen-bond donors (Lipinski definition) is 0. The molecule has 3 aromatic rings. The number of hydrogen-bond acceptors (Lipinski definition) is 3. The van der Waals surface area contributed by atoms with Gasteiger partial charge in [0.15, 0.2) is 11.7 Å². The number of ketones is 1. The zero-order valence-electron chi connectivity index (χ0n) is 16.5. The van der Waals surface area contributed by atoms with Crippen LogP contribution in [0.4, 0.5) is 0 Å². The van der Waals surface area contributed by atoms with Gasteiger partial charge in [0.05, 0.1) is 0 Å². The zero-order chi connectivity index (χ0) is 19.4. The molecule has 3 nitrogen and oxygen atoms in total. The first kappa shape index (κ1) is 17.2. The van der Waals surface area contributed by atoms with Crippen molar-refractivity contribution >= 4 is 5.78 Å². The van der Waals surface area contributed by atoms with E-state index in [0.717, 1.165) is 66.5 Å². The molecule has 3 heteroatoms. The topological polar surface area (TPSA) is 43.1 Å². The summed E-state index contributed by atoms with van der Waals surface area (Å²) in [6, 6.07) is 20.6. The van der Waals surface area contributed by atoms with Gasteiger partial charge in [-0.1, -0.05) is 60.7 Å². The van der Waals surface area contributed by atoms with Crippen molar-refractivity contribution in [2.45, 2.75) is 38.5 Å². The Kier molecular flexibility index (Phi) is 3.80. The Morgan fingerprint density at radius 2 is 1.48 bits per heavy atom. The number of benzene rings is 2. The summed E-state index contributed by atoms with van der Waals surface area (Å²) in [4.78, 5) is 17.6. The van der Waals surface area contributed by atoms with Crippen LogP contribution in [0.2, 0.25) is 0 Å². The fourth-order valence-electron chi connectivity index (χ4n) is 6.46. The molecule has 0 saturated heterocycles. The lowest BCUT2D eigenvalue weighted by Crippen LogP contribution is -2.52. The normalized spacial score (nSPS) is 30.1. The van der Waals surface area contributed by atoms with Crippen LogP contribution in [-0.4, -0.2) is 10.8 Å². The van der Waals surface area contributed by atoms with Crippen molar-refractivity contribution in [1.82, 2.24) is 4.98 Å². The van der Waals surface area contributed by atoms with Crippen LogP contribution in [0.1, 0.15) is 38.0 Å². The zero-order valence-corrected chi connectivity index (χ0v) is 16.5. The first-order valence-corrected chi connectivity index (χ1v) is 10.8. The van der Waals surface area contributed by atoms with E-state index < -0.39 is 0 Å². The highest BCUT2D eigenvalue weighted by Gasteiger charge is 2.55. The lowest BCUT2D eigenvalue weighted by atomic mass is 9.48. The minimum absolute atomic E-state index is 0.206. The summed E-state index contributed by atoms with van der Waals surface area (Å²) in [5.74, 6) is 3.53. The van der Waals surface area contributed by atoms with Crippen LogP contribution in [0.5, 0.6) is 0 Å². The summed E-state index contributed by atoms with van der Waals surface area (Å²) in [6.45, 7) is 0. The highest BCUT2D eigenvalue weighted by molar-refractivity contribution is 5.85. The van der Waals surface area contributed by atoms with Gasteiger partial charge in [-0.2, -0.15) is 0 Å². The molecule has 29 heavy (non-hydrogen) atoms. The van der Waals surface area contributed by atoms with Crippen LogP contribution in [0.3, 0.4) is 0 Å². The van der Waals surface area contributed by atoms with E-state index >= 15 is 0 Å². The average molecular weight is 383 g/mol. The summed E-state index contributed by atoms with van der Waals surface area (Å²) < 4.78 is 6.43. The van der Waals surface area contributed by atoms with Crippen molar-refractivity contribution < 1.29 is 9.21 Å². The van der Waals surface area contributed by atoms with Crippen molar-refractivity contribution in [3.63, 3.8) is 0 Å². The summed E-state index contributed by atoms with van der Waals surface area (Å²) >= 11 is 0. The molecule has 2 atom stereocenters. The second kappa shape index (κ2) is 6.41. The van der Waals surface area contributed by atoms with Crippen molar-refractivity contribution in [1.29, 1.82) is 0 Å². The lowest BCUT2D eigenvalue weighted by molar-refractivity contribution is -0.147. The Morgan fingerprint density at radius 3 is 2.14 bits per heavy atom. The maximum absolute atomic E-state index is 12.6. The molecule has 0 amide bonds. The second-order valence-corrected chi connectivity index (χ2v) is 9.44. The Hall–Kier alpha value is -2.68. The van der Waals surface area contributed by atoms with E-state index in [9.17, 15) is 4.79 Å². The van der Waals surface area contributed by atoms with Crippen molar-refractivity contribution in [2.24, 2.45) is 23.2 Å². The molecule has 0 radical (unpaired) electrons. The number of carbonyl (C=O) groups is 1. The third kappa shape index (κ3) is 2.87. The maximum Gasteiger partial charge on any atom is 0.196 e. The molecule has 4 saturated carbocycles. The smallest absolute Gasteiger partial charge is 0.196 e. The maximum atomic E-state index is 12.6. The third-order valence-electron chi connectivity index (χ3n) is 7.40. The molecule has 1 heterocycles. The van der Waals surface area contributed by atoms with E-state index in [-0.39, 0.29) is 5.41 Å². The van der Waals surface area contributed by atoms with Crippen molar-refractivity contribution in [3.05, 3.63) is 66.6 Å². The number of aromatic nitrogens is 1. The van der Waals surface area contributed by atoms with Crippen LogP contribution in [-0.2, 0) is 11.2 Å². The Balaban J connectivity index is 1.39. The Labute approximate surface area is 171 Å². The highest BCUT2D eigenvalue weighted by atomic mass is 16.4. The average Bonchev–Trinajstić information content (AvgIpc) is 3.16. The molecule has 4 aliphatic rings. The number of Topliss-reactive ketones (excluding diaryl/α,β-unsaturated/α-hetero) is 1. The highest BCUT2D eigenvalue weighted by Crippen LogP contribution is 2.59. The lowest BCUT2D eigenvalue weighted by Gasteiger charge is -2.55. The van der Waals surface area contributed by atoms with E-state index in [0.29, 0.717) is 17.6 Å². The number of oxazole rings is 1. The number of nitrogens with zero attached hydrogens (tertiary/aromatic N) is 1. The molecule has 1 aromatic heterocycles. The van der Waals surface area contributed by atoms with Gasteiger partial charge in [0.2, 0.25) is 0 Å². The molecule has 4 bridgehead atoms. The molecule has 0 spiro atoms. The molecule has 2 aromatic carbocycles. The summed E-state index contributed by atoms with van der Waals surface area (Å²) in [6.07, 6.45) is 6.39. The fourth-order valence-corrected chi connectivity index (χ4v) is 6.46. The first-order chi connectivity index (χ1) is 14.2. The van der Waals surface area contributed by atoms with E-state index in [2.05, 4.69) is 24.3 Å². The van der Waals surface area contributed by atoms with Crippen molar-refractivity contribution in [3.8, 4) is 22.6 Å². The van der Waals surface area contributed by atoms with Gasteiger partial charge in [-0.05, 0) is 43.4 Å². The minimum atomic E-state index is 0.206. The molecule has 146 valence electrons. The molecule has 0 N–H and O–H groups in total. The second-order valence-electron chi connectivity index (χ2n) is 9.44. The van der Waals surface area contributed by atoms with Gasteiger partial charge in [0, 0.05) is 29.4 Å². The van der Waals surface area contributed by atoms with Crippen molar-refractivity contribution in [2.75, 3.05) is 0 Å². The largest absolute Gasteiger partial charge is 0.440 e. The van der Waals surface area contributed by atoms with Crippen LogP contribution < -0.4 is 0 Å². The van der Waals surface area contributed by atoms with Crippen LogP contribution in [0.15, 0.2) is 65.1 Å². The summed E-state index contributed by atoms with van der Waals surface area (Å²) in [5.41, 5.74) is 3.28. The summed E-state index contributed by atoms with van der Waals surface area (Å²) in [5, 5.41) is 0. The Bertz CT molecular complexity index is 978. The molecular formula is C26H25NO2. The summed E-state index contributed by atoms with van der Waals surface area (Å²) in [7, 11) is 0. The standard InChI is InChI=1S/C26H25NO2/c28-24-20-11-17-12-21(24)15-26(13-17,14-20)16-22-27-23(18-7-3-1-4-8-18)25(29-22)19-9-5-2-6-10-19/h1-10,17,20-21H,11-16H2. The fraction of sp³-hybridized carbons (Fsp3) is 0.385. The van der Waals surface area contributed by atoms with Crippen LogP contribution in [0, 0.1) is 23.2 Å². The van der Waals surface area contributed by atoms with Gasteiger partial charge in [-0.3, -0.25) is 4.79 Å². The van der Waals surface area contributed by atoms with Gasteiger partial charge in [-0.25, -0.2) is 4.98 Å². The first-order valence-electron chi connectivity index (χ1n) is 10.8. The third-order valence-corrected chi connectivity index (χ3v) is 7.40. The van der Waals surface area contributed by atoms with E-state index in [1.807, 2.05) is 36.4 Å². The molecular weight excluding hydrogens is 358 g/mol. The predicted octanol–water partition coefficient (Wildman–Crippen LogP) is 5.95. The van der Waals surface area contributed by atoms with Gasteiger partial charge in [0.25, 0.3) is 0 Å². The van der Waals surface area contributed by atoms with E-state index in [4.69, 9.17) is 9.40 Å². The predicted molar refractivity (Wildman–Crippen MR) is 112 cm³/mol. The van der Waals surface area contributed by atoms with Gasteiger partial charge in [0.1, 0.15) is 11.5 Å².